The van der Waals surface area contributed by atoms with Crippen molar-refractivity contribution in [3.05, 3.63) is 34.9 Å². The van der Waals surface area contributed by atoms with Gasteiger partial charge in [0.25, 0.3) is 0 Å². The second-order valence-corrected chi connectivity index (χ2v) is 4.79. The Morgan fingerprint density at radius 1 is 1.38 bits per heavy atom. The molecule has 0 saturated heterocycles. The maximum absolute atomic E-state index is 8.81. The Morgan fingerprint density at radius 2 is 2.00 bits per heavy atom. The molecule has 1 N–H and O–H groups in total. The van der Waals surface area contributed by atoms with Crippen LogP contribution in [0.25, 0.3) is 0 Å². The molecule has 1 aromatic rings. The summed E-state index contributed by atoms with van der Waals surface area (Å²) in [6, 6.07) is 7.81. The van der Waals surface area contributed by atoms with Crippen molar-refractivity contribution in [2.45, 2.75) is 17.9 Å². The monoisotopic (exact) mass is 216 g/mol. The van der Waals surface area contributed by atoms with E-state index in [1.165, 1.54) is 5.56 Å². The molecule has 0 aliphatic carbocycles. The first-order valence-electron chi connectivity index (χ1n) is 4.19. The lowest BCUT2D eigenvalue weighted by Crippen LogP contribution is -2.02. The molecule has 0 radical (unpaired) electrons. The van der Waals surface area contributed by atoms with E-state index in [2.05, 4.69) is 0 Å². The highest BCUT2D eigenvalue weighted by molar-refractivity contribution is 7.99. The number of benzene rings is 1. The molecule has 1 unspecified atom stereocenters. The number of aliphatic hydroxyl groups excluding tert-OH is 1. The van der Waals surface area contributed by atoms with E-state index >= 15 is 0 Å². The maximum atomic E-state index is 8.81. The summed E-state index contributed by atoms with van der Waals surface area (Å²) in [4.78, 5) is 0. The summed E-state index contributed by atoms with van der Waals surface area (Å²) in [7, 11) is 0. The molecule has 0 bridgehead atoms. The number of rotatable bonds is 4. The van der Waals surface area contributed by atoms with Crippen LogP contribution in [0.4, 0.5) is 0 Å². The van der Waals surface area contributed by atoms with Crippen LogP contribution in [-0.2, 0) is 5.75 Å². The molecule has 3 heteroatoms. The Morgan fingerprint density at radius 3 is 2.54 bits per heavy atom. The predicted molar refractivity (Wildman–Crippen MR) is 59.3 cm³/mol. The molecule has 0 spiro atoms. The van der Waals surface area contributed by atoms with E-state index in [1.54, 1.807) is 11.8 Å². The van der Waals surface area contributed by atoms with Crippen LogP contribution in [0.5, 0.6) is 0 Å². The first-order chi connectivity index (χ1) is 6.22. The van der Waals surface area contributed by atoms with E-state index in [1.807, 2.05) is 31.2 Å². The molecule has 0 heterocycles. The standard InChI is InChI=1S/C10H13ClOS/c1-8(6-12)13-7-9-2-4-10(11)5-3-9/h2-5,8,12H,6-7H2,1H3. The second-order valence-electron chi connectivity index (χ2n) is 2.93. The summed E-state index contributed by atoms with van der Waals surface area (Å²) >= 11 is 7.50. The van der Waals surface area contributed by atoms with Gasteiger partial charge in [-0.2, -0.15) is 11.8 Å². The third-order valence-corrected chi connectivity index (χ3v) is 3.17. The molecule has 1 nitrogen and oxygen atoms in total. The van der Waals surface area contributed by atoms with Crippen molar-refractivity contribution in [2.75, 3.05) is 6.61 Å². The van der Waals surface area contributed by atoms with Crippen molar-refractivity contribution in [1.29, 1.82) is 0 Å². The number of thioether (sulfide) groups is 1. The van der Waals surface area contributed by atoms with E-state index in [4.69, 9.17) is 16.7 Å². The maximum Gasteiger partial charge on any atom is 0.0547 e. The average Bonchev–Trinajstić information content (AvgIpc) is 2.16. The summed E-state index contributed by atoms with van der Waals surface area (Å²) in [6.07, 6.45) is 0. The van der Waals surface area contributed by atoms with E-state index in [9.17, 15) is 0 Å². The van der Waals surface area contributed by atoms with Crippen LogP contribution in [0.3, 0.4) is 0 Å². The predicted octanol–water partition coefficient (Wildman–Crippen LogP) is 2.95. The molecule has 0 saturated carbocycles. The van der Waals surface area contributed by atoms with E-state index in [-0.39, 0.29) is 6.61 Å². The third kappa shape index (κ3) is 4.03. The molecule has 72 valence electrons. The minimum absolute atomic E-state index is 0.234. The van der Waals surface area contributed by atoms with Crippen LogP contribution in [0, 0.1) is 0 Å². The molecule has 0 aromatic heterocycles. The fourth-order valence-electron chi connectivity index (χ4n) is 0.872. The van der Waals surface area contributed by atoms with Crippen LogP contribution in [0.2, 0.25) is 5.02 Å². The van der Waals surface area contributed by atoms with Crippen molar-refractivity contribution in [3.8, 4) is 0 Å². The van der Waals surface area contributed by atoms with Crippen molar-refractivity contribution >= 4 is 23.4 Å². The van der Waals surface area contributed by atoms with Gasteiger partial charge in [-0.15, -0.1) is 0 Å². The highest BCUT2D eigenvalue weighted by atomic mass is 35.5. The van der Waals surface area contributed by atoms with Crippen molar-refractivity contribution < 1.29 is 5.11 Å². The van der Waals surface area contributed by atoms with Crippen LogP contribution in [-0.4, -0.2) is 17.0 Å². The zero-order valence-electron chi connectivity index (χ0n) is 7.53. The van der Waals surface area contributed by atoms with E-state index < -0.39 is 0 Å². The molecule has 1 atom stereocenters. The summed E-state index contributed by atoms with van der Waals surface area (Å²) in [5.74, 6) is 0.929. The molecular formula is C10H13ClOS. The normalized spacial score (nSPS) is 12.8. The lowest BCUT2D eigenvalue weighted by Gasteiger charge is -2.06. The molecular weight excluding hydrogens is 204 g/mol. The average molecular weight is 217 g/mol. The Kier molecular flexibility index (Phi) is 4.64. The van der Waals surface area contributed by atoms with Crippen molar-refractivity contribution in [1.82, 2.24) is 0 Å². The third-order valence-electron chi connectivity index (χ3n) is 1.70. The Hall–Kier alpha value is -0.180. The largest absolute Gasteiger partial charge is 0.395 e. The van der Waals surface area contributed by atoms with Gasteiger partial charge in [-0.05, 0) is 17.7 Å². The van der Waals surface area contributed by atoms with Gasteiger partial charge in [0.15, 0.2) is 0 Å². The van der Waals surface area contributed by atoms with E-state index in [0.717, 1.165) is 10.8 Å². The van der Waals surface area contributed by atoms with Crippen LogP contribution in [0.1, 0.15) is 12.5 Å². The number of aliphatic hydroxyl groups is 1. The minimum atomic E-state index is 0.234. The first kappa shape index (κ1) is 10.9. The van der Waals surface area contributed by atoms with Gasteiger partial charge in [0.2, 0.25) is 0 Å². The molecule has 0 aliphatic rings. The summed E-state index contributed by atoms with van der Waals surface area (Å²) in [6.45, 7) is 2.25. The Labute approximate surface area is 88.1 Å². The summed E-state index contributed by atoms with van der Waals surface area (Å²) in [5, 5.41) is 9.88. The van der Waals surface area contributed by atoms with Crippen LogP contribution >= 0.6 is 23.4 Å². The number of hydrogen-bond acceptors (Lipinski definition) is 2. The minimum Gasteiger partial charge on any atom is -0.395 e. The second kappa shape index (κ2) is 5.53. The summed E-state index contributed by atoms with van der Waals surface area (Å²) < 4.78 is 0. The molecule has 1 aromatic carbocycles. The fraction of sp³-hybridized carbons (Fsp3) is 0.400. The van der Waals surface area contributed by atoms with Crippen molar-refractivity contribution in [2.24, 2.45) is 0 Å². The first-order valence-corrected chi connectivity index (χ1v) is 5.62. The van der Waals surface area contributed by atoms with Gasteiger partial charge in [0, 0.05) is 16.0 Å². The van der Waals surface area contributed by atoms with Crippen molar-refractivity contribution in [3.63, 3.8) is 0 Å². The fourth-order valence-corrected chi connectivity index (χ4v) is 1.77. The molecule has 1 rings (SSSR count). The van der Waals surface area contributed by atoms with Gasteiger partial charge in [-0.25, -0.2) is 0 Å². The van der Waals surface area contributed by atoms with Gasteiger partial charge in [0.1, 0.15) is 0 Å². The van der Waals surface area contributed by atoms with E-state index in [0.29, 0.717) is 5.25 Å². The molecule has 0 fully saturated rings. The molecule has 13 heavy (non-hydrogen) atoms. The van der Waals surface area contributed by atoms with Gasteiger partial charge in [0.05, 0.1) is 6.61 Å². The lowest BCUT2D eigenvalue weighted by atomic mass is 10.2. The molecule has 0 amide bonds. The Balaban J connectivity index is 2.41. The topological polar surface area (TPSA) is 20.2 Å². The number of halogens is 1. The zero-order valence-corrected chi connectivity index (χ0v) is 9.11. The van der Waals surface area contributed by atoms with Gasteiger partial charge < -0.3 is 5.11 Å². The highest BCUT2D eigenvalue weighted by Gasteiger charge is 2.00. The highest BCUT2D eigenvalue weighted by Crippen LogP contribution is 2.18. The smallest absolute Gasteiger partial charge is 0.0547 e. The van der Waals surface area contributed by atoms with Crippen LogP contribution in [0.15, 0.2) is 24.3 Å². The Bertz CT molecular complexity index is 248. The quantitative estimate of drug-likeness (QED) is 0.835. The summed E-state index contributed by atoms with van der Waals surface area (Å²) in [5.41, 5.74) is 1.25. The lowest BCUT2D eigenvalue weighted by molar-refractivity contribution is 0.300. The van der Waals surface area contributed by atoms with Gasteiger partial charge in [-0.1, -0.05) is 30.7 Å². The molecule has 0 aliphatic heterocycles. The number of hydrogen-bond donors (Lipinski definition) is 1. The van der Waals surface area contributed by atoms with Gasteiger partial charge >= 0.3 is 0 Å². The SMILES string of the molecule is CC(CO)SCc1ccc(Cl)cc1. The zero-order chi connectivity index (χ0) is 9.68. The van der Waals surface area contributed by atoms with Crippen LogP contribution < -0.4 is 0 Å². The van der Waals surface area contributed by atoms with Gasteiger partial charge in [-0.3, -0.25) is 0 Å².